The Morgan fingerprint density at radius 3 is 2.75 bits per heavy atom. The van der Waals surface area contributed by atoms with Crippen molar-refractivity contribution in [1.82, 2.24) is 10.5 Å². The zero-order valence-corrected chi connectivity index (χ0v) is 10.8. The van der Waals surface area contributed by atoms with E-state index in [-0.39, 0.29) is 11.5 Å². The van der Waals surface area contributed by atoms with E-state index in [1.165, 1.54) is 13.2 Å². The van der Waals surface area contributed by atoms with E-state index < -0.39 is 6.61 Å². The fraction of sp³-hybridized carbons (Fsp3) is 0.308. The zero-order chi connectivity index (χ0) is 14.4. The van der Waals surface area contributed by atoms with E-state index in [9.17, 15) is 8.78 Å². The highest BCUT2D eigenvalue weighted by atomic mass is 19.3. The van der Waals surface area contributed by atoms with Gasteiger partial charge >= 0.3 is 6.61 Å². The van der Waals surface area contributed by atoms with Gasteiger partial charge in [-0.1, -0.05) is 11.2 Å². The molecule has 0 amide bonds. The van der Waals surface area contributed by atoms with Crippen molar-refractivity contribution >= 4 is 0 Å². The third-order valence-corrected chi connectivity index (χ3v) is 2.56. The van der Waals surface area contributed by atoms with Gasteiger partial charge in [0.15, 0.2) is 11.5 Å². The van der Waals surface area contributed by atoms with Crippen molar-refractivity contribution in [3.8, 4) is 11.5 Å². The Hall–Kier alpha value is -2.15. The molecule has 1 aromatic carbocycles. The van der Waals surface area contributed by atoms with Gasteiger partial charge in [0.1, 0.15) is 5.76 Å². The number of hydrogen-bond donors (Lipinski definition) is 1. The van der Waals surface area contributed by atoms with Gasteiger partial charge in [0.05, 0.1) is 19.9 Å². The van der Waals surface area contributed by atoms with Gasteiger partial charge in [0, 0.05) is 12.6 Å². The van der Waals surface area contributed by atoms with Crippen molar-refractivity contribution in [3.05, 3.63) is 41.8 Å². The van der Waals surface area contributed by atoms with Crippen molar-refractivity contribution < 1.29 is 22.8 Å². The molecule has 20 heavy (non-hydrogen) atoms. The van der Waals surface area contributed by atoms with E-state index in [0.29, 0.717) is 18.8 Å². The van der Waals surface area contributed by atoms with Crippen LogP contribution in [0.3, 0.4) is 0 Å². The number of nitrogens with zero attached hydrogens (tertiary/aromatic N) is 1. The van der Waals surface area contributed by atoms with Gasteiger partial charge in [0.2, 0.25) is 0 Å². The summed E-state index contributed by atoms with van der Waals surface area (Å²) in [6.45, 7) is -1.91. The first-order valence-corrected chi connectivity index (χ1v) is 5.91. The molecule has 0 fully saturated rings. The second-order valence-corrected chi connectivity index (χ2v) is 3.95. The van der Waals surface area contributed by atoms with Crippen LogP contribution in [0.1, 0.15) is 11.3 Å². The Labute approximate surface area is 114 Å². The summed E-state index contributed by atoms with van der Waals surface area (Å²) in [7, 11) is 1.40. The highest BCUT2D eigenvalue weighted by molar-refractivity contribution is 5.42. The van der Waals surface area contributed by atoms with Crippen LogP contribution < -0.4 is 14.8 Å². The number of aromatic nitrogens is 1. The summed E-state index contributed by atoms with van der Waals surface area (Å²) in [6, 6.07) is 6.61. The maximum absolute atomic E-state index is 12.3. The molecule has 0 unspecified atom stereocenters. The van der Waals surface area contributed by atoms with E-state index in [1.54, 1.807) is 24.4 Å². The van der Waals surface area contributed by atoms with Crippen molar-refractivity contribution in [2.24, 2.45) is 0 Å². The third kappa shape index (κ3) is 3.92. The maximum atomic E-state index is 12.3. The average molecular weight is 284 g/mol. The van der Waals surface area contributed by atoms with Gasteiger partial charge in [-0.25, -0.2) is 0 Å². The Kier molecular flexibility index (Phi) is 4.89. The SMILES string of the molecule is COc1ccc(CNCc2ccno2)cc1OC(F)F. The van der Waals surface area contributed by atoms with Crippen LogP contribution in [0.5, 0.6) is 11.5 Å². The number of methoxy groups -OCH3 is 1. The molecule has 2 rings (SSSR count). The number of ether oxygens (including phenoxy) is 2. The minimum atomic E-state index is -2.89. The number of nitrogens with one attached hydrogen (secondary N) is 1. The summed E-state index contributed by atoms with van der Waals surface area (Å²) in [6.07, 6.45) is 1.55. The lowest BCUT2D eigenvalue weighted by Crippen LogP contribution is -2.12. The molecule has 0 saturated heterocycles. The predicted octanol–water partition coefficient (Wildman–Crippen LogP) is 2.57. The highest BCUT2D eigenvalue weighted by Crippen LogP contribution is 2.29. The zero-order valence-electron chi connectivity index (χ0n) is 10.8. The summed E-state index contributed by atoms with van der Waals surface area (Å²) in [5, 5.41) is 6.69. The third-order valence-electron chi connectivity index (χ3n) is 2.56. The Morgan fingerprint density at radius 1 is 1.25 bits per heavy atom. The number of rotatable bonds is 7. The van der Waals surface area contributed by atoms with Crippen LogP contribution in [-0.2, 0) is 13.1 Å². The summed E-state index contributed by atoms with van der Waals surface area (Å²) >= 11 is 0. The fourth-order valence-corrected chi connectivity index (χ4v) is 1.68. The molecule has 1 N–H and O–H groups in total. The molecule has 0 spiro atoms. The molecular formula is C13H14F2N2O3. The summed E-state index contributed by atoms with van der Waals surface area (Å²) in [5.41, 5.74) is 0.793. The van der Waals surface area contributed by atoms with Crippen LogP contribution in [0.2, 0.25) is 0 Å². The largest absolute Gasteiger partial charge is 0.493 e. The molecule has 108 valence electrons. The summed E-state index contributed by atoms with van der Waals surface area (Å²) in [4.78, 5) is 0. The van der Waals surface area contributed by atoms with Crippen molar-refractivity contribution in [1.29, 1.82) is 0 Å². The minimum absolute atomic E-state index is 0.0152. The second-order valence-electron chi connectivity index (χ2n) is 3.95. The van der Waals surface area contributed by atoms with Gasteiger partial charge in [-0.2, -0.15) is 8.78 Å². The van der Waals surface area contributed by atoms with E-state index in [4.69, 9.17) is 9.26 Å². The van der Waals surface area contributed by atoms with E-state index in [0.717, 1.165) is 5.56 Å². The van der Waals surface area contributed by atoms with E-state index in [2.05, 4.69) is 15.2 Å². The molecule has 0 aliphatic rings. The fourth-order valence-electron chi connectivity index (χ4n) is 1.68. The van der Waals surface area contributed by atoms with Crippen LogP contribution in [0, 0.1) is 0 Å². The van der Waals surface area contributed by atoms with E-state index >= 15 is 0 Å². The first-order chi connectivity index (χ1) is 9.69. The molecule has 0 atom stereocenters. The first-order valence-electron chi connectivity index (χ1n) is 5.91. The Bertz CT molecular complexity index is 532. The molecular weight excluding hydrogens is 270 g/mol. The molecule has 5 nitrogen and oxygen atoms in total. The van der Waals surface area contributed by atoms with Crippen LogP contribution in [0.4, 0.5) is 8.78 Å². The van der Waals surface area contributed by atoms with Gasteiger partial charge in [-0.3, -0.25) is 0 Å². The van der Waals surface area contributed by atoms with E-state index in [1.807, 2.05) is 0 Å². The monoisotopic (exact) mass is 284 g/mol. The molecule has 2 aromatic rings. The molecule has 0 radical (unpaired) electrons. The number of halogens is 2. The average Bonchev–Trinajstić information content (AvgIpc) is 2.91. The molecule has 0 aliphatic heterocycles. The molecule has 0 bridgehead atoms. The predicted molar refractivity (Wildman–Crippen MR) is 66.7 cm³/mol. The highest BCUT2D eigenvalue weighted by Gasteiger charge is 2.11. The lowest BCUT2D eigenvalue weighted by atomic mass is 10.2. The van der Waals surface area contributed by atoms with Crippen molar-refractivity contribution in [3.63, 3.8) is 0 Å². The van der Waals surface area contributed by atoms with Crippen molar-refractivity contribution in [2.45, 2.75) is 19.7 Å². The summed E-state index contributed by atoms with van der Waals surface area (Å²) in [5.74, 6) is 0.980. The summed E-state index contributed by atoms with van der Waals surface area (Å²) < 4.78 is 38.9. The van der Waals surface area contributed by atoms with Gasteiger partial charge in [-0.15, -0.1) is 0 Å². The molecule has 0 saturated carbocycles. The molecule has 0 aliphatic carbocycles. The first kappa shape index (κ1) is 14.3. The smallest absolute Gasteiger partial charge is 0.387 e. The van der Waals surface area contributed by atoms with Crippen molar-refractivity contribution in [2.75, 3.05) is 7.11 Å². The van der Waals surface area contributed by atoms with Crippen LogP contribution >= 0.6 is 0 Å². The minimum Gasteiger partial charge on any atom is -0.493 e. The molecule has 7 heteroatoms. The topological polar surface area (TPSA) is 56.5 Å². The quantitative estimate of drug-likeness (QED) is 0.847. The number of hydrogen-bond acceptors (Lipinski definition) is 5. The normalized spacial score (nSPS) is 10.8. The van der Waals surface area contributed by atoms with Gasteiger partial charge in [-0.05, 0) is 17.7 Å². The number of alkyl halides is 2. The molecule has 1 heterocycles. The standard InChI is InChI=1S/C13H14F2N2O3/c1-18-11-3-2-9(6-12(11)19-13(14)15)7-16-8-10-4-5-17-20-10/h2-6,13,16H,7-8H2,1H3. The van der Waals surface area contributed by atoms with Crippen LogP contribution in [0.15, 0.2) is 35.0 Å². The number of benzene rings is 1. The lowest BCUT2D eigenvalue weighted by Gasteiger charge is -2.11. The van der Waals surface area contributed by atoms with Crippen LogP contribution in [-0.4, -0.2) is 18.9 Å². The maximum Gasteiger partial charge on any atom is 0.387 e. The Balaban J connectivity index is 1.97. The molecule has 1 aromatic heterocycles. The van der Waals surface area contributed by atoms with Gasteiger partial charge < -0.3 is 19.3 Å². The van der Waals surface area contributed by atoms with Crippen LogP contribution in [0.25, 0.3) is 0 Å². The van der Waals surface area contributed by atoms with Gasteiger partial charge in [0.25, 0.3) is 0 Å². The second kappa shape index (κ2) is 6.85. The lowest BCUT2D eigenvalue weighted by molar-refractivity contribution is -0.0512. The Morgan fingerprint density at radius 2 is 2.10 bits per heavy atom.